The van der Waals surface area contributed by atoms with Crippen LogP contribution in [0.3, 0.4) is 0 Å². The Morgan fingerprint density at radius 3 is 2.19 bits per heavy atom. The van der Waals surface area contributed by atoms with Crippen LogP contribution in [0.4, 0.5) is 4.39 Å². The topological polar surface area (TPSA) is 26.3 Å². The summed E-state index contributed by atoms with van der Waals surface area (Å²) >= 11 is 0. The van der Waals surface area contributed by atoms with Crippen LogP contribution in [0.25, 0.3) is 6.08 Å². The summed E-state index contributed by atoms with van der Waals surface area (Å²) in [6.07, 6.45) is 1.30. The number of fused-ring (bicyclic) bond motifs is 1. The fraction of sp³-hybridized carbons (Fsp3) is 0.125. The Balaban J connectivity index is 1.85. The Morgan fingerprint density at radius 1 is 0.889 bits per heavy atom. The molecule has 0 fully saturated rings. The molecule has 3 heteroatoms. The molecule has 0 N–H and O–H groups in total. The Kier molecular flexibility index (Phi) is 4.36. The van der Waals surface area contributed by atoms with E-state index < -0.39 is 11.9 Å². The van der Waals surface area contributed by atoms with Crippen LogP contribution in [0, 0.1) is 19.7 Å². The summed E-state index contributed by atoms with van der Waals surface area (Å²) in [6, 6.07) is 19.9. The second-order valence-electron chi connectivity index (χ2n) is 6.89. The maximum absolute atomic E-state index is 13.7. The quantitative estimate of drug-likeness (QED) is 0.538. The molecule has 1 aliphatic rings. The van der Waals surface area contributed by atoms with Crippen LogP contribution in [0.15, 0.2) is 72.3 Å². The van der Waals surface area contributed by atoms with Gasteiger partial charge >= 0.3 is 0 Å². The van der Waals surface area contributed by atoms with Gasteiger partial charge in [0.2, 0.25) is 0 Å². The Morgan fingerprint density at radius 2 is 1.52 bits per heavy atom. The third kappa shape index (κ3) is 3.41. The first kappa shape index (κ1) is 17.2. The maximum Gasteiger partial charge on any atom is 0.196 e. The summed E-state index contributed by atoms with van der Waals surface area (Å²) in [5.41, 5.74) is 4.84. The van der Waals surface area contributed by atoms with Crippen molar-refractivity contribution in [2.45, 2.75) is 20.0 Å². The van der Waals surface area contributed by atoms with Gasteiger partial charge in [0.05, 0.1) is 5.56 Å². The molecular formula is C24H19FO2. The number of halogens is 1. The zero-order valence-electron chi connectivity index (χ0n) is 15.2. The number of Topliss-reactive ketones (excluding diaryl/α,β-unsaturated/α-hetero) is 1. The monoisotopic (exact) mass is 358 g/mol. The third-order valence-corrected chi connectivity index (χ3v) is 4.76. The molecule has 0 spiro atoms. The van der Waals surface area contributed by atoms with E-state index in [1.165, 1.54) is 18.2 Å². The average Bonchev–Trinajstić information content (AvgIpc) is 2.67. The highest BCUT2D eigenvalue weighted by Crippen LogP contribution is 2.39. The number of ether oxygens (including phenoxy) is 1. The Bertz CT molecular complexity index is 1030. The van der Waals surface area contributed by atoms with Gasteiger partial charge in [-0.1, -0.05) is 59.7 Å². The Labute approximate surface area is 157 Å². The van der Waals surface area contributed by atoms with Crippen LogP contribution in [-0.2, 0) is 0 Å². The van der Waals surface area contributed by atoms with Crippen molar-refractivity contribution in [3.8, 4) is 5.75 Å². The molecule has 0 aliphatic carbocycles. The minimum absolute atomic E-state index is 0.207. The predicted molar refractivity (Wildman–Crippen MR) is 104 cm³/mol. The highest BCUT2D eigenvalue weighted by Gasteiger charge is 2.33. The van der Waals surface area contributed by atoms with Crippen LogP contribution < -0.4 is 4.74 Å². The van der Waals surface area contributed by atoms with Crippen molar-refractivity contribution in [1.29, 1.82) is 0 Å². The number of carbonyl (C=O) groups is 1. The summed E-state index contributed by atoms with van der Waals surface area (Å²) in [5, 5.41) is 0. The highest BCUT2D eigenvalue weighted by molar-refractivity contribution is 6.14. The van der Waals surface area contributed by atoms with Crippen molar-refractivity contribution in [1.82, 2.24) is 0 Å². The normalized spacial score (nSPS) is 17.5. The molecule has 2 nitrogen and oxygen atoms in total. The van der Waals surface area contributed by atoms with Gasteiger partial charge in [0, 0.05) is 5.57 Å². The smallest absolute Gasteiger partial charge is 0.196 e. The molecule has 4 rings (SSSR count). The minimum atomic E-state index is -0.530. The lowest BCUT2D eigenvalue weighted by Crippen LogP contribution is -2.24. The molecule has 0 bridgehead atoms. The van der Waals surface area contributed by atoms with Crippen LogP contribution >= 0.6 is 0 Å². The van der Waals surface area contributed by atoms with Gasteiger partial charge in [-0.05, 0) is 49.2 Å². The molecule has 3 aromatic rings. The standard InChI is InChI=1S/C24H19FO2/c1-15-3-7-17(8-4-15)13-21-23(26)20-14-19(25)11-12-22(20)27-24(21)18-9-5-16(2)6-10-18/h3-14,24H,1-2H3/b21-13-. The van der Waals surface area contributed by atoms with Crippen LogP contribution in [-0.4, -0.2) is 5.78 Å². The van der Waals surface area contributed by atoms with Gasteiger partial charge in [-0.15, -0.1) is 0 Å². The number of hydrogen-bond donors (Lipinski definition) is 0. The molecule has 1 aliphatic heterocycles. The van der Waals surface area contributed by atoms with Gasteiger partial charge < -0.3 is 4.74 Å². The zero-order chi connectivity index (χ0) is 19.0. The SMILES string of the molecule is Cc1ccc(/C=C2/C(=O)c3cc(F)ccc3OC2c2ccc(C)cc2)cc1. The third-order valence-electron chi connectivity index (χ3n) is 4.76. The summed E-state index contributed by atoms with van der Waals surface area (Å²) in [7, 11) is 0. The predicted octanol–water partition coefficient (Wildman–Crippen LogP) is 5.84. The average molecular weight is 358 g/mol. The Hall–Kier alpha value is -3.20. The van der Waals surface area contributed by atoms with E-state index in [1.54, 1.807) is 0 Å². The van der Waals surface area contributed by atoms with Crippen LogP contribution in [0.5, 0.6) is 5.75 Å². The molecular weight excluding hydrogens is 339 g/mol. The van der Waals surface area contributed by atoms with E-state index in [1.807, 2.05) is 68.5 Å². The van der Waals surface area contributed by atoms with E-state index in [2.05, 4.69) is 0 Å². The van der Waals surface area contributed by atoms with E-state index in [-0.39, 0.29) is 11.3 Å². The van der Waals surface area contributed by atoms with Gasteiger partial charge in [0.15, 0.2) is 11.9 Å². The number of aryl methyl sites for hydroxylation is 2. The van der Waals surface area contributed by atoms with Crippen molar-refractivity contribution in [2.75, 3.05) is 0 Å². The molecule has 27 heavy (non-hydrogen) atoms. The van der Waals surface area contributed by atoms with Crippen molar-refractivity contribution < 1.29 is 13.9 Å². The highest BCUT2D eigenvalue weighted by atomic mass is 19.1. The van der Waals surface area contributed by atoms with E-state index in [9.17, 15) is 9.18 Å². The second-order valence-corrected chi connectivity index (χ2v) is 6.89. The number of rotatable bonds is 2. The van der Waals surface area contributed by atoms with Crippen molar-refractivity contribution >= 4 is 11.9 Å². The molecule has 1 atom stereocenters. The summed E-state index contributed by atoms with van der Waals surface area (Å²) in [6.45, 7) is 4.03. The van der Waals surface area contributed by atoms with E-state index in [0.717, 1.165) is 22.3 Å². The van der Waals surface area contributed by atoms with Gasteiger partial charge in [-0.3, -0.25) is 4.79 Å². The summed E-state index contributed by atoms with van der Waals surface area (Å²) < 4.78 is 19.8. The van der Waals surface area contributed by atoms with Crippen molar-refractivity contribution in [2.24, 2.45) is 0 Å². The molecule has 1 heterocycles. The van der Waals surface area contributed by atoms with Crippen molar-refractivity contribution in [3.05, 3.63) is 106 Å². The summed E-state index contributed by atoms with van der Waals surface area (Å²) in [5.74, 6) is -0.246. The lowest BCUT2D eigenvalue weighted by Gasteiger charge is -2.28. The number of hydrogen-bond acceptors (Lipinski definition) is 2. The lowest BCUT2D eigenvalue weighted by atomic mass is 9.89. The molecule has 0 amide bonds. The van der Waals surface area contributed by atoms with E-state index in [4.69, 9.17) is 4.74 Å². The number of ketones is 1. The van der Waals surface area contributed by atoms with Crippen molar-refractivity contribution in [3.63, 3.8) is 0 Å². The zero-order valence-corrected chi connectivity index (χ0v) is 15.2. The number of benzene rings is 3. The molecule has 3 aromatic carbocycles. The largest absolute Gasteiger partial charge is 0.480 e. The van der Waals surface area contributed by atoms with E-state index in [0.29, 0.717) is 11.3 Å². The maximum atomic E-state index is 13.7. The van der Waals surface area contributed by atoms with Crippen LogP contribution in [0.1, 0.15) is 38.7 Å². The van der Waals surface area contributed by atoms with E-state index >= 15 is 0 Å². The number of carbonyl (C=O) groups excluding carboxylic acids is 1. The molecule has 0 saturated heterocycles. The minimum Gasteiger partial charge on any atom is -0.480 e. The first-order valence-electron chi connectivity index (χ1n) is 8.87. The van der Waals surface area contributed by atoms with Gasteiger partial charge in [-0.2, -0.15) is 0 Å². The first-order valence-corrected chi connectivity index (χ1v) is 8.87. The second kappa shape index (κ2) is 6.84. The van der Waals surface area contributed by atoms with Gasteiger partial charge in [-0.25, -0.2) is 4.39 Å². The molecule has 1 unspecified atom stereocenters. The molecule has 134 valence electrons. The van der Waals surface area contributed by atoms with Crippen LogP contribution in [0.2, 0.25) is 0 Å². The fourth-order valence-electron chi connectivity index (χ4n) is 3.22. The fourth-order valence-corrected chi connectivity index (χ4v) is 3.22. The van der Waals surface area contributed by atoms with Gasteiger partial charge in [0.25, 0.3) is 0 Å². The molecule has 0 aromatic heterocycles. The first-order chi connectivity index (χ1) is 13.0. The summed E-state index contributed by atoms with van der Waals surface area (Å²) in [4.78, 5) is 13.2. The molecule has 0 radical (unpaired) electrons. The molecule has 0 saturated carbocycles. The van der Waals surface area contributed by atoms with Gasteiger partial charge in [0.1, 0.15) is 11.6 Å². The lowest BCUT2D eigenvalue weighted by molar-refractivity contribution is 0.0962.